The summed E-state index contributed by atoms with van der Waals surface area (Å²) < 4.78 is 0. The molecule has 0 aliphatic carbocycles. The molecule has 0 spiro atoms. The normalized spacial score (nSPS) is 22.5. The predicted octanol–water partition coefficient (Wildman–Crippen LogP) is 2.43. The summed E-state index contributed by atoms with van der Waals surface area (Å²) in [6.07, 6.45) is 6.97. The molecule has 2 heterocycles. The summed E-state index contributed by atoms with van der Waals surface area (Å²) >= 11 is 0. The molecule has 1 aromatic heterocycles. The highest BCUT2D eigenvalue weighted by atomic mass is 15.2. The number of nitrogen functional groups attached to an aromatic ring is 1. The Hall–Kier alpha value is -1.25. The lowest BCUT2D eigenvalue weighted by Crippen LogP contribution is -2.33. The van der Waals surface area contributed by atoms with Crippen LogP contribution in [0.5, 0.6) is 0 Å². The van der Waals surface area contributed by atoms with Crippen LogP contribution in [0, 0.1) is 0 Å². The maximum Gasteiger partial charge on any atom is 0.128 e. The molecular formula is C12H19N3. The average molecular weight is 205 g/mol. The number of hydrogen-bond donors (Lipinski definition) is 1. The van der Waals surface area contributed by atoms with Gasteiger partial charge in [0.1, 0.15) is 5.82 Å². The molecule has 1 atom stereocenters. The van der Waals surface area contributed by atoms with Crippen LogP contribution < -0.4 is 10.6 Å². The van der Waals surface area contributed by atoms with Crippen molar-refractivity contribution in [3.05, 3.63) is 18.3 Å². The van der Waals surface area contributed by atoms with Gasteiger partial charge >= 0.3 is 0 Å². The van der Waals surface area contributed by atoms with Crippen molar-refractivity contribution in [3.8, 4) is 0 Å². The van der Waals surface area contributed by atoms with Gasteiger partial charge in [-0.1, -0.05) is 12.8 Å². The van der Waals surface area contributed by atoms with Crippen molar-refractivity contribution in [2.45, 2.75) is 38.6 Å². The number of hydrogen-bond acceptors (Lipinski definition) is 3. The van der Waals surface area contributed by atoms with E-state index in [0.29, 0.717) is 6.04 Å². The molecular weight excluding hydrogens is 186 g/mol. The first-order chi connectivity index (χ1) is 7.27. The Labute approximate surface area is 91.3 Å². The topological polar surface area (TPSA) is 42.1 Å². The van der Waals surface area contributed by atoms with Crippen molar-refractivity contribution in [2.24, 2.45) is 0 Å². The standard InChI is InChI=1S/C12H19N3/c1-10-5-3-2-4-8-15(10)12-7-6-11(13)9-14-12/h6-7,9-10H,2-5,8,13H2,1H3. The van der Waals surface area contributed by atoms with E-state index in [-0.39, 0.29) is 0 Å². The summed E-state index contributed by atoms with van der Waals surface area (Å²) in [4.78, 5) is 6.79. The Morgan fingerprint density at radius 2 is 2.20 bits per heavy atom. The van der Waals surface area contributed by atoms with Gasteiger partial charge in [0.05, 0.1) is 11.9 Å². The highest BCUT2D eigenvalue weighted by Gasteiger charge is 2.17. The maximum atomic E-state index is 5.64. The van der Waals surface area contributed by atoms with Crippen molar-refractivity contribution < 1.29 is 0 Å². The van der Waals surface area contributed by atoms with Gasteiger partial charge in [-0.05, 0) is 31.9 Å². The molecule has 1 saturated heterocycles. The molecule has 1 fully saturated rings. The maximum absolute atomic E-state index is 5.64. The number of nitrogens with zero attached hydrogens (tertiary/aromatic N) is 2. The van der Waals surface area contributed by atoms with Crippen LogP contribution in [0.2, 0.25) is 0 Å². The number of anilines is 2. The van der Waals surface area contributed by atoms with Gasteiger partial charge in [-0.15, -0.1) is 0 Å². The fourth-order valence-electron chi connectivity index (χ4n) is 2.18. The molecule has 0 aromatic carbocycles. The zero-order valence-corrected chi connectivity index (χ0v) is 9.32. The molecule has 1 unspecified atom stereocenters. The van der Waals surface area contributed by atoms with E-state index in [2.05, 4.69) is 16.8 Å². The van der Waals surface area contributed by atoms with Crippen molar-refractivity contribution in [1.29, 1.82) is 0 Å². The van der Waals surface area contributed by atoms with Crippen LogP contribution in [0.4, 0.5) is 11.5 Å². The smallest absolute Gasteiger partial charge is 0.128 e. The highest BCUT2D eigenvalue weighted by Crippen LogP contribution is 2.22. The molecule has 1 aromatic rings. The first kappa shape index (κ1) is 10.3. The fourth-order valence-corrected chi connectivity index (χ4v) is 2.18. The van der Waals surface area contributed by atoms with Crippen molar-refractivity contribution >= 4 is 11.5 Å². The van der Waals surface area contributed by atoms with E-state index >= 15 is 0 Å². The van der Waals surface area contributed by atoms with Gasteiger partial charge in [-0.3, -0.25) is 0 Å². The monoisotopic (exact) mass is 205 g/mol. The quantitative estimate of drug-likeness (QED) is 0.765. The Bertz CT molecular complexity index is 307. The second-order valence-corrected chi connectivity index (χ2v) is 4.34. The van der Waals surface area contributed by atoms with Crippen molar-refractivity contribution in [3.63, 3.8) is 0 Å². The Morgan fingerprint density at radius 3 is 2.93 bits per heavy atom. The minimum Gasteiger partial charge on any atom is -0.397 e. The summed E-state index contributed by atoms with van der Waals surface area (Å²) in [5.74, 6) is 1.07. The van der Waals surface area contributed by atoms with E-state index < -0.39 is 0 Å². The Morgan fingerprint density at radius 1 is 1.33 bits per heavy atom. The van der Waals surface area contributed by atoms with Gasteiger partial charge in [0.2, 0.25) is 0 Å². The van der Waals surface area contributed by atoms with Crippen LogP contribution in [-0.2, 0) is 0 Å². The van der Waals surface area contributed by atoms with Crippen molar-refractivity contribution in [1.82, 2.24) is 4.98 Å². The minimum atomic E-state index is 0.601. The summed E-state index contributed by atoms with van der Waals surface area (Å²) in [5, 5.41) is 0. The van der Waals surface area contributed by atoms with E-state index in [1.807, 2.05) is 12.1 Å². The van der Waals surface area contributed by atoms with Crippen molar-refractivity contribution in [2.75, 3.05) is 17.2 Å². The molecule has 3 nitrogen and oxygen atoms in total. The van der Waals surface area contributed by atoms with E-state index in [1.54, 1.807) is 6.20 Å². The number of aromatic nitrogens is 1. The van der Waals surface area contributed by atoms with Crippen LogP contribution in [0.3, 0.4) is 0 Å². The fraction of sp³-hybridized carbons (Fsp3) is 0.583. The van der Waals surface area contributed by atoms with Gasteiger partial charge in [0, 0.05) is 12.6 Å². The lowest BCUT2D eigenvalue weighted by molar-refractivity contribution is 0.611. The molecule has 1 aliphatic rings. The molecule has 2 rings (SSSR count). The van der Waals surface area contributed by atoms with E-state index in [0.717, 1.165) is 18.1 Å². The third kappa shape index (κ3) is 2.41. The number of pyridine rings is 1. The first-order valence-electron chi connectivity index (χ1n) is 5.75. The average Bonchev–Trinajstić information content (AvgIpc) is 2.44. The molecule has 0 bridgehead atoms. The van der Waals surface area contributed by atoms with Crippen LogP contribution >= 0.6 is 0 Å². The molecule has 3 heteroatoms. The van der Waals surface area contributed by atoms with Crippen LogP contribution in [0.25, 0.3) is 0 Å². The molecule has 2 N–H and O–H groups in total. The van der Waals surface area contributed by atoms with Gasteiger partial charge in [-0.25, -0.2) is 4.98 Å². The molecule has 0 saturated carbocycles. The van der Waals surface area contributed by atoms with E-state index in [9.17, 15) is 0 Å². The second-order valence-electron chi connectivity index (χ2n) is 4.34. The van der Waals surface area contributed by atoms with Gasteiger partial charge in [-0.2, -0.15) is 0 Å². The summed E-state index contributed by atoms with van der Waals surface area (Å²) in [7, 11) is 0. The highest BCUT2D eigenvalue weighted by molar-refractivity contribution is 5.46. The second kappa shape index (κ2) is 4.51. The zero-order valence-electron chi connectivity index (χ0n) is 9.32. The number of rotatable bonds is 1. The first-order valence-corrected chi connectivity index (χ1v) is 5.75. The summed E-state index contributed by atoms with van der Waals surface area (Å²) in [6.45, 7) is 3.40. The zero-order chi connectivity index (χ0) is 10.7. The van der Waals surface area contributed by atoms with Crippen LogP contribution in [-0.4, -0.2) is 17.6 Å². The minimum absolute atomic E-state index is 0.601. The summed E-state index contributed by atoms with van der Waals surface area (Å²) in [5.41, 5.74) is 6.38. The Kier molecular flexibility index (Phi) is 3.09. The summed E-state index contributed by atoms with van der Waals surface area (Å²) in [6, 6.07) is 4.56. The van der Waals surface area contributed by atoms with Crippen LogP contribution in [0.1, 0.15) is 32.6 Å². The molecule has 82 valence electrons. The lowest BCUT2D eigenvalue weighted by atomic mass is 10.1. The van der Waals surface area contributed by atoms with Gasteiger partial charge < -0.3 is 10.6 Å². The molecule has 0 amide bonds. The molecule has 1 aliphatic heterocycles. The van der Waals surface area contributed by atoms with Gasteiger partial charge in [0.15, 0.2) is 0 Å². The predicted molar refractivity (Wildman–Crippen MR) is 63.9 cm³/mol. The Balaban J connectivity index is 2.16. The SMILES string of the molecule is CC1CCCCCN1c1ccc(N)cn1. The lowest BCUT2D eigenvalue weighted by Gasteiger charge is -2.28. The third-order valence-corrected chi connectivity index (χ3v) is 3.12. The molecule has 0 radical (unpaired) electrons. The number of nitrogens with two attached hydrogens (primary N) is 1. The largest absolute Gasteiger partial charge is 0.397 e. The van der Waals surface area contributed by atoms with E-state index in [4.69, 9.17) is 5.73 Å². The van der Waals surface area contributed by atoms with E-state index in [1.165, 1.54) is 25.7 Å². The van der Waals surface area contributed by atoms with Gasteiger partial charge in [0.25, 0.3) is 0 Å². The molecule has 15 heavy (non-hydrogen) atoms. The third-order valence-electron chi connectivity index (χ3n) is 3.12. The van der Waals surface area contributed by atoms with Crippen LogP contribution in [0.15, 0.2) is 18.3 Å².